The van der Waals surface area contributed by atoms with Gasteiger partial charge in [0.25, 0.3) is 0 Å². The van der Waals surface area contributed by atoms with Gasteiger partial charge in [-0.2, -0.15) is 11.3 Å². The van der Waals surface area contributed by atoms with Crippen LogP contribution in [-0.4, -0.2) is 28.7 Å². The van der Waals surface area contributed by atoms with Crippen LogP contribution in [0.2, 0.25) is 0 Å². The van der Waals surface area contributed by atoms with Gasteiger partial charge in [0.2, 0.25) is 0 Å². The van der Waals surface area contributed by atoms with Gasteiger partial charge in [0.15, 0.2) is 0 Å². The first-order chi connectivity index (χ1) is 6.16. The summed E-state index contributed by atoms with van der Waals surface area (Å²) in [5.74, 6) is 0. The van der Waals surface area contributed by atoms with E-state index in [2.05, 4.69) is 21.7 Å². The van der Waals surface area contributed by atoms with Crippen LogP contribution in [0.5, 0.6) is 0 Å². The minimum Gasteiger partial charge on any atom is -0.389 e. The maximum Gasteiger partial charge on any atom is 0.0758 e. The molecular formula is C10H15NOS. The van der Waals surface area contributed by atoms with E-state index in [1.54, 1.807) is 11.3 Å². The highest BCUT2D eigenvalue weighted by Gasteiger charge is 2.30. The molecule has 0 radical (unpaired) electrons. The Labute approximate surface area is 82.8 Å². The maximum atomic E-state index is 9.75. The molecule has 1 aliphatic heterocycles. The zero-order valence-electron chi connectivity index (χ0n) is 7.86. The molecule has 1 aromatic rings. The molecule has 1 N–H and O–H groups in total. The summed E-state index contributed by atoms with van der Waals surface area (Å²) in [6.45, 7) is 4.73. The largest absolute Gasteiger partial charge is 0.389 e. The summed E-state index contributed by atoms with van der Waals surface area (Å²) in [6, 6.07) is 2.15. The van der Waals surface area contributed by atoms with Crippen molar-refractivity contribution in [3.05, 3.63) is 22.4 Å². The molecule has 0 bridgehead atoms. The number of aliphatic hydroxyl groups is 1. The van der Waals surface area contributed by atoms with Gasteiger partial charge in [-0.05, 0) is 35.7 Å². The van der Waals surface area contributed by atoms with E-state index >= 15 is 0 Å². The predicted octanol–water partition coefficient (Wildman–Crippen LogP) is 1.70. The summed E-state index contributed by atoms with van der Waals surface area (Å²) < 4.78 is 0. The van der Waals surface area contributed by atoms with E-state index in [1.165, 1.54) is 5.56 Å². The van der Waals surface area contributed by atoms with Crippen molar-refractivity contribution in [2.24, 2.45) is 0 Å². The lowest BCUT2D eigenvalue weighted by Gasteiger charge is -2.17. The van der Waals surface area contributed by atoms with Crippen LogP contribution in [0, 0.1) is 0 Å². The molecule has 3 heteroatoms. The molecule has 0 aromatic carbocycles. The van der Waals surface area contributed by atoms with Crippen LogP contribution < -0.4 is 0 Å². The molecular weight excluding hydrogens is 182 g/mol. The number of hydrogen-bond donors (Lipinski definition) is 1. The van der Waals surface area contributed by atoms with E-state index in [-0.39, 0.29) is 0 Å². The highest BCUT2D eigenvalue weighted by molar-refractivity contribution is 7.07. The van der Waals surface area contributed by atoms with Crippen molar-refractivity contribution in [1.82, 2.24) is 4.90 Å². The third kappa shape index (κ3) is 2.30. The SMILES string of the molecule is CC1(O)CCN(Cc2ccsc2)C1. The number of thiophene rings is 1. The molecule has 0 aliphatic carbocycles. The number of rotatable bonds is 2. The van der Waals surface area contributed by atoms with Crippen molar-refractivity contribution < 1.29 is 5.11 Å². The van der Waals surface area contributed by atoms with Gasteiger partial charge in [-0.25, -0.2) is 0 Å². The third-order valence-electron chi connectivity index (χ3n) is 2.52. The normalized spacial score (nSPS) is 29.7. The Hall–Kier alpha value is -0.380. The van der Waals surface area contributed by atoms with Crippen molar-refractivity contribution in [3.8, 4) is 0 Å². The van der Waals surface area contributed by atoms with Crippen LogP contribution in [0.1, 0.15) is 18.9 Å². The van der Waals surface area contributed by atoms with Crippen molar-refractivity contribution in [2.45, 2.75) is 25.5 Å². The quantitative estimate of drug-likeness (QED) is 0.780. The van der Waals surface area contributed by atoms with E-state index in [0.29, 0.717) is 0 Å². The molecule has 72 valence electrons. The lowest BCUT2D eigenvalue weighted by Crippen LogP contribution is -2.29. The van der Waals surface area contributed by atoms with Gasteiger partial charge in [0.05, 0.1) is 5.60 Å². The fraction of sp³-hybridized carbons (Fsp3) is 0.600. The summed E-state index contributed by atoms with van der Waals surface area (Å²) in [4.78, 5) is 2.31. The molecule has 0 spiro atoms. The van der Waals surface area contributed by atoms with E-state index in [4.69, 9.17) is 0 Å². The Morgan fingerprint density at radius 3 is 3.08 bits per heavy atom. The molecule has 1 aromatic heterocycles. The third-order valence-corrected chi connectivity index (χ3v) is 3.25. The van der Waals surface area contributed by atoms with Crippen LogP contribution in [0.15, 0.2) is 16.8 Å². The minimum absolute atomic E-state index is 0.462. The molecule has 2 heterocycles. The van der Waals surface area contributed by atoms with Crippen LogP contribution in [0.4, 0.5) is 0 Å². The number of likely N-dealkylation sites (tertiary alicyclic amines) is 1. The first kappa shape index (κ1) is 9.19. The maximum absolute atomic E-state index is 9.75. The van der Waals surface area contributed by atoms with Crippen molar-refractivity contribution in [2.75, 3.05) is 13.1 Å². The van der Waals surface area contributed by atoms with Crippen LogP contribution in [-0.2, 0) is 6.54 Å². The fourth-order valence-corrected chi connectivity index (χ4v) is 2.47. The standard InChI is InChI=1S/C10H15NOS/c1-10(12)3-4-11(8-10)6-9-2-5-13-7-9/h2,5,7,12H,3-4,6,8H2,1H3. The van der Waals surface area contributed by atoms with Crippen molar-refractivity contribution in [3.63, 3.8) is 0 Å². The second-order valence-corrected chi connectivity index (χ2v) is 4.87. The van der Waals surface area contributed by atoms with Gasteiger partial charge >= 0.3 is 0 Å². The van der Waals surface area contributed by atoms with Gasteiger partial charge in [0, 0.05) is 19.6 Å². The first-order valence-corrected chi connectivity index (χ1v) is 5.56. The van der Waals surface area contributed by atoms with Crippen LogP contribution in [0.25, 0.3) is 0 Å². The Balaban J connectivity index is 1.91. The Morgan fingerprint density at radius 1 is 1.69 bits per heavy atom. The Kier molecular flexibility index (Phi) is 2.41. The smallest absolute Gasteiger partial charge is 0.0758 e. The molecule has 0 amide bonds. The predicted molar refractivity (Wildman–Crippen MR) is 54.8 cm³/mol. The second kappa shape index (κ2) is 3.40. The van der Waals surface area contributed by atoms with Crippen molar-refractivity contribution >= 4 is 11.3 Å². The van der Waals surface area contributed by atoms with E-state index in [0.717, 1.165) is 26.1 Å². The molecule has 1 saturated heterocycles. The number of hydrogen-bond acceptors (Lipinski definition) is 3. The fourth-order valence-electron chi connectivity index (χ4n) is 1.81. The van der Waals surface area contributed by atoms with Gasteiger partial charge in [-0.1, -0.05) is 0 Å². The molecule has 1 unspecified atom stereocenters. The zero-order valence-corrected chi connectivity index (χ0v) is 8.68. The second-order valence-electron chi connectivity index (χ2n) is 4.09. The summed E-state index contributed by atoms with van der Waals surface area (Å²) in [7, 11) is 0. The molecule has 2 rings (SSSR count). The lowest BCUT2D eigenvalue weighted by atomic mass is 10.1. The van der Waals surface area contributed by atoms with Crippen LogP contribution in [0.3, 0.4) is 0 Å². The summed E-state index contributed by atoms with van der Waals surface area (Å²) in [6.07, 6.45) is 0.900. The molecule has 0 saturated carbocycles. The molecule has 1 atom stereocenters. The minimum atomic E-state index is -0.462. The molecule has 13 heavy (non-hydrogen) atoms. The van der Waals surface area contributed by atoms with Gasteiger partial charge in [-0.3, -0.25) is 4.90 Å². The monoisotopic (exact) mass is 197 g/mol. The van der Waals surface area contributed by atoms with Gasteiger partial charge < -0.3 is 5.11 Å². The highest BCUT2D eigenvalue weighted by atomic mass is 32.1. The first-order valence-electron chi connectivity index (χ1n) is 4.62. The number of β-amino-alcohol motifs (C(OH)–C–C–N with tert-alkyl or cyclic N) is 1. The Morgan fingerprint density at radius 2 is 2.54 bits per heavy atom. The van der Waals surface area contributed by atoms with Crippen LogP contribution >= 0.6 is 11.3 Å². The highest BCUT2D eigenvalue weighted by Crippen LogP contribution is 2.22. The van der Waals surface area contributed by atoms with E-state index < -0.39 is 5.60 Å². The molecule has 1 fully saturated rings. The zero-order chi connectivity index (χ0) is 9.31. The average Bonchev–Trinajstić information content (AvgIpc) is 2.61. The molecule has 1 aliphatic rings. The van der Waals surface area contributed by atoms with E-state index in [1.807, 2.05) is 6.92 Å². The number of nitrogens with zero attached hydrogens (tertiary/aromatic N) is 1. The van der Waals surface area contributed by atoms with Gasteiger partial charge in [0.1, 0.15) is 0 Å². The molecule has 2 nitrogen and oxygen atoms in total. The summed E-state index contributed by atoms with van der Waals surface area (Å²) in [5.41, 5.74) is 0.901. The lowest BCUT2D eigenvalue weighted by molar-refractivity contribution is 0.0679. The average molecular weight is 197 g/mol. The topological polar surface area (TPSA) is 23.5 Å². The summed E-state index contributed by atoms with van der Waals surface area (Å²) in [5, 5.41) is 14.0. The van der Waals surface area contributed by atoms with Gasteiger partial charge in [-0.15, -0.1) is 0 Å². The summed E-state index contributed by atoms with van der Waals surface area (Å²) >= 11 is 1.73. The van der Waals surface area contributed by atoms with Crippen molar-refractivity contribution in [1.29, 1.82) is 0 Å². The Bertz CT molecular complexity index is 268. The van der Waals surface area contributed by atoms with E-state index in [9.17, 15) is 5.11 Å².